The van der Waals surface area contributed by atoms with Crippen molar-refractivity contribution in [2.45, 2.75) is 17.9 Å². The summed E-state index contributed by atoms with van der Waals surface area (Å²) < 4.78 is 46.0. The topological polar surface area (TPSA) is 21.3 Å². The normalized spacial score (nSPS) is 26.0. The summed E-state index contributed by atoms with van der Waals surface area (Å²) in [6.45, 7) is -0.0293. The Morgan fingerprint density at radius 2 is 1.52 bits per heavy atom. The Kier molecular flexibility index (Phi) is 3.47. The minimum absolute atomic E-state index is 0.0293. The lowest BCUT2D eigenvalue weighted by Crippen LogP contribution is -2.51. The third kappa shape index (κ3) is 2.43. The van der Waals surface area contributed by atoms with Crippen molar-refractivity contribution in [3.8, 4) is 0 Å². The molecule has 1 fully saturated rings. The first-order valence-corrected chi connectivity index (χ1v) is 6.62. The second-order valence-corrected chi connectivity index (χ2v) is 4.96. The third-order valence-corrected chi connectivity index (χ3v) is 3.63. The van der Waals surface area contributed by atoms with Crippen LogP contribution in [0.2, 0.25) is 0 Å². The van der Waals surface area contributed by atoms with E-state index in [-0.39, 0.29) is 12.2 Å². The molecule has 2 aromatic carbocycles. The van der Waals surface area contributed by atoms with E-state index in [1.807, 2.05) is 6.07 Å². The van der Waals surface area contributed by atoms with Crippen molar-refractivity contribution in [2.75, 3.05) is 6.61 Å². The van der Waals surface area contributed by atoms with Gasteiger partial charge in [0.25, 0.3) is 0 Å². The van der Waals surface area contributed by atoms with Gasteiger partial charge in [0.15, 0.2) is 0 Å². The van der Waals surface area contributed by atoms with E-state index in [1.54, 1.807) is 42.5 Å². The molecule has 1 saturated heterocycles. The molecule has 0 aliphatic carbocycles. The van der Waals surface area contributed by atoms with Gasteiger partial charge in [-0.25, -0.2) is 0 Å². The van der Waals surface area contributed by atoms with E-state index in [4.69, 9.17) is 4.74 Å². The Morgan fingerprint density at radius 1 is 0.952 bits per heavy atom. The summed E-state index contributed by atoms with van der Waals surface area (Å²) in [6.07, 6.45) is -4.54. The highest BCUT2D eigenvalue weighted by Gasteiger charge is 2.61. The molecule has 0 unspecified atom stereocenters. The summed E-state index contributed by atoms with van der Waals surface area (Å²) in [6, 6.07) is 16.2. The summed E-state index contributed by atoms with van der Waals surface area (Å²) in [5, 5.41) is 2.63. The fourth-order valence-electron chi connectivity index (χ4n) is 2.57. The van der Waals surface area contributed by atoms with Crippen LogP contribution in [0.25, 0.3) is 0 Å². The molecule has 0 radical (unpaired) electrons. The van der Waals surface area contributed by atoms with E-state index in [0.29, 0.717) is 0 Å². The summed E-state index contributed by atoms with van der Waals surface area (Å²) in [5.74, 6) is 0. The molecule has 2 atom stereocenters. The molecule has 21 heavy (non-hydrogen) atoms. The van der Waals surface area contributed by atoms with Gasteiger partial charge in [0, 0.05) is 5.56 Å². The van der Waals surface area contributed by atoms with Gasteiger partial charge in [-0.05, 0) is 5.56 Å². The van der Waals surface area contributed by atoms with E-state index in [9.17, 15) is 13.2 Å². The molecule has 0 amide bonds. The van der Waals surface area contributed by atoms with Crippen LogP contribution < -0.4 is 5.32 Å². The lowest BCUT2D eigenvalue weighted by atomic mass is 10.0. The molecule has 0 bridgehead atoms. The molecule has 0 aromatic heterocycles. The minimum atomic E-state index is -4.54. The van der Waals surface area contributed by atoms with Crippen LogP contribution in [0, 0.1) is 0 Å². The molecule has 5 heteroatoms. The van der Waals surface area contributed by atoms with Crippen LogP contribution in [0.4, 0.5) is 13.2 Å². The molecule has 2 aromatic rings. The second kappa shape index (κ2) is 5.16. The van der Waals surface area contributed by atoms with Gasteiger partial charge in [0.1, 0.15) is 0 Å². The average molecular weight is 293 g/mol. The summed E-state index contributed by atoms with van der Waals surface area (Å²) in [5.41, 5.74) is -1.61. The number of hydrogen-bond acceptors (Lipinski definition) is 2. The highest BCUT2D eigenvalue weighted by atomic mass is 19.4. The fraction of sp³-hybridized carbons (Fsp3) is 0.250. The molecular weight excluding hydrogens is 279 g/mol. The van der Waals surface area contributed by atoms with Crippen LogP contribution in [0.1, 0.15) is 17.2 Å². The number of nitrogens with one attached hydrogen (secondary N) is 1. The number of benzene rings is 2. The summed E-state index contributed by atoms with van der Waals surface area (Å²) >= 11 is 0. The number of halogens is 3. The zero-order valence-corrected chi connectivity index (χ0v) is 11.1. The van der Waals surface area contributed by atoms with E-state index < -0.39 is 17.9 Å². The molecule has 0 spiro atoms. The molecule has 0 saturated carbocycles. The smallest absolute Gasteiger partial charge is 0.346 e. The van der Waals surface area contributed by atoms with Gasteiger partial charge in [-0.3, -0.25) is 5.32 Å². The van der Waals surface area contributed by atoms with Gasteiger partial charge in [-0.1, -0.05) is 60.7 Å². The van der Waals surface area contributed by atoms with Crippen LogP contribution in [-0.4, -0.2) is 12.8 Å². The van der Waals surface area contributed by atoms with Gasteiger partial charge in [0.05, 0.1) is 12.6 Å². The molecular formula is C16H14F3NO. The van der Waals surface area contributed by atoms with Gasteiger partial charge in [-0.2, -0.15) is 13.2 Å². The zero-order valence-electron chi connectivity index (χ0n) is 11.1. The quantitative estimate of drug-likeness (QED) is 0.910. The van der Waals surface area contributed by atoms with Crippen molar-refractivity contribution in [1.29, 1.82) is 0 Å². The van der Waals surface area contributed by atoms with Crippen molar-refractivity contribution >= 4 is 0 Å². The standard InChI is InChI=1S/C16H14F3NO/c17-16(18,19)15(13-9-5-2-6-10-13)20-14(11-21-15)12-7-3-1-4-8-12/h1-10,14,20H,11H2/t14-,15+/m0/s1. The van der Waals surface area contributed by atoms with Gasteiger partial charge < -0.3 is 4.74 Å². The van der Waals surface area contributed by atoms with Gasteiger partial charge >= 0.3 is 6.18 Å². The van der Waals surface area contributed by atoms with E-state index >= 15 is 0 Å². The first-order valence-electron chi connectivity index (χ1n) is 6.62. The number of rotatable bonds is 2. The number of alkyl halides is 3. The molecule has 1 aliphatic heterocycles. The van der Waals surface area contributed by atoms with Crippen LogP contribution in [0.5, 0.6) is 0 Å². The molecule has 1 N–H and O–H groups in total. The summed E-state index contributed by atoms with van der Waals surface area (Å²) in [7, 11) is 0. The van der Waals surface area contributed by atoms with E-state index in [0.717, 1.165) is 5.56 Å². The molecule has 1 heterocycles. The van der Waals surface area contributed by atoms with Crippen LogP contribution in [0.3, 0.4) is 0 Å². The van der Waals surface area contributed by atoms with Crippen molar-refractivity contribution < 1.29 is 17.9 Å². The minimum Gasteiger partial charge on any atom is -0.346 e. The van der Waals surface area contributed by atoms with Crippen molar-refractivity contribution in [3.05, 3.63) is 71.8 Å². The molecule has 2 nitrogen and oxygen atoms in total. The predicted octanol–water partition coefficient (Wildman–Crippen LogP) is 3.76. The molecule has 110 valence electrons. The number of hydrogen-bond donors (Lipinski definition) is 1. The maximum atomic E-state index is 13.6. The summed E-state index contributed by atoms with van der Waals surface area (Å²) in [4.78, 5) is 0. The monoisotopic (exact) mass is 293 g/mol. The maximum Gasteiger partial charge on any atom is 0.435 e. The lowest BCUT2D eigenvalue weighted by Gasteiger charge is -2.31. The Hall–Kier alpha value is -1.85. The predicted molar refractivity (Wildman–Crippen MR) is 72.4 cm³/mol. The Labute approximate surface area is 120 Å². The van der Waals surface area contributed by atoms with Crippen molar-refractivity contribution in [2.24, 2.45) is 0 Å². The third-order valence-electron chi connectivity index (χ3n) is 3.63. The highest BCUT2D eigenvalue weighted by molar-refractivity contribution is 5.28. The van der Waals surface area contributed by atoms with E-state index in [1.165, 1.54) is 12.1 Å². The Morgan fingerprint density at radius 3 is 2.10 bits per heavy atom. The van der Waals surface area contributed by atoms with Crippen molar-refractivity contribution in [1.82, 2.24) is 5.32 Å². The van der Waals surface area contributed by atoms with Crippen molar-refractivity contribution in [3.63, 3.8) is 0 Å². The van der Waals surface area contributed by atoms with Gasteiger partial charge in [-0.15, -0.1) is 0 Å². The highest BCUT2D eigenvalue weighted by Crippen LogP contribution is 2.45. The van der Waals surface area contributed by atoms with Crippen LogP contribution in [0.15, 0.2) is 60.7 Å². The Bertz CT molecular complexity index is 600. The fourth-order valence-corrected chi connectivity index (χ4v) is 2.57. The SMILES string of the molecule is FC(F)(F)[C@]1(c2ccccc2)N[C@H](c2ccccc2)CO1. The Balaban J connectivity index is 1.98. The molecule has 3 rings (SSSR count). The lowest BCUT2D eigenvalue weighted by molar-refractivity contribution is -0.278. The first-order chi connectivity index (χ1) is 10.0. The second-order valence-electron chi connectivity index (χ2n) is 4.96. The zero-order chi connectivity index (χ0) is 14.9. The van der Waals surface area contributed by atoms with Crippen LogP contribution in [-0.2, 0) is 10.5 Å². The van der Waals surface area contributed by atoms with Crippen LogP contribution >= 0.6 is 0 Å². The maximum absolute atomic E-state index is 13.6. The van der Waals surface area contributed by atoms with E-state index in [2.05, 4.69) is 5.32 Å². The van der Waals surface area contributed by atoms with Gasteiger partial charge in [0.2, 0.25) is 5.72 Å². The molecule has 1 aliphatic rings. The largest absolute Gasteiger partial charge is 0.435 e. The first kappa shape index (κ1) is 14.1. The average Bonchev–Trinajstić information content (AvgIpc) is 2.95. The number of ether oxygens (including phenoxy) is 1.